The first-order valence-electron chi connectivity index (χ1n) is 11.6. The molecule has 2 aromatic carbocycles. The van der Waals surface area contributed by atoms with Gasteiger partial charge >= 0.3 is 0 Å². The normalized spacial score (nSPS) is 11.1. The molecule has 0 spiro atoms. The average Bonchev–Trinajstić information content (AvgIpc) is 3.32. The van der Waals surface area contributed by atoms with Crippen LogP contribution in [0.15, 0.2) is 70.7 Å². The van der Waals surface area contributed by atoms with Crippen LogP contribution in [-0.2, 0) is 24.4 Å². The zero-order valence-electron chi connectivity index (χ0n) is 20.2. The van der Waals surface area contributed by atoms with Gasteiger partial charge in [0.15, 0.2) is 10.7 Å². The van der Waals surface area contributed by atoms with Crippen LogP contribution < -0.4 is 10.3 Å². The highest BCUT2D eigenvalue weighted by molar-refractivity contribution is 7.99. The monoisotopic (exact) mass is 491 g/mol. The Morgan fingerprint density at radius 3 is 2.46 bits per heavy atom. The van der Waals surface area contributed by atoms with E-state index in [1.807, 2.05) is 73.3 Å². The fourth-order valence-corrected chi connectivity index (χ4v) is 4.65. The predicted octanol–water partition coefficient (Wildman–Crippen LogP) is 3.81. The summed E-state index contributed by atoms with van der Waals surface area (Å²) in [5.41, 5.74) is 2.65. The summed E-state index contributed by atoms with van der Waals surface area (Å²) in [4.78, 5) is 33.0. The number of carbonyl (C=O) groups excluding carboxylic acids is 1. The maximum absolute atomic E-state index is 13.4. The molecule has 1 amide bonds. The van der Waals surface area contributed by atoms with Crippen molar-refractivity contribution in [2.45, 2.75) is 38.6 Å². The summed E-state index contributed by atoms with van der Waals surface area (Å²) in [7, 11) is 1.62. The Hall–Kier alpha value is -3.59. The Balaban J connectivity index is 1.61. The zero-order valence-corrected chi connectivity index (χ0v) is 21.0. The molecule has 35 heavy (non-hydrogen) atoms. The van der Waals surface area contributed by atoms with Crippen molar-refractivity contribution >= 4 is 28.7 Å². The van der Waals surface area contributed by atoms with Gasteiger partial charge in [0, 0.05) is 19.6 Å². The number of benzene rings is 2. The molecule has 0 fully saturated rings. The molecule has 2 heterocycles. The first kappa shape index (κ1) is 24.5. The lowest BCUT2D eigenvalue weighted by atomic mass is 10.2. The van der Waals surface area contributed by atoms with Crippen LogP contribution in [0, 0.1) is 0 Å². The van der Waals surface area contributed by atoms with E-state index in [-0.39, 0.29) is 17.2 Å². The Labute approximate surface area is 208 Å². The number of methoxy groups -OCH3 is 1. The third-order valence-electron chi connectivity index (χ3n) is 5.74. The second-order valence-electron chi connectivity index (χ2n) is 8.03. The molecular weight excluding hydrogens is 462 g/mol. The van der Waals surface area contributed by atoms with Crippen LogP contribution in [-0.4, -0.2) is 49.5 Å². The number of hydrogen-bond donors (Lipinski definition) is 0. The number of ether oxygens (including phenoxy) is 1. The van der Waals surface area contributed by atoms with Gasteiger partial charge in [-0.05, 0) is 37.1 Å². The average molecular weight is 492 g/mol. The first-order valence-corrected chi connectivity index (χ1v) is 12.6. The summed E-state index contributed by atoms with van der Waals surface area (Å²) < 4.78 is 8.54. The van der Waals surface area contributed by atoms with Crippen molar-refractivity contribution in [3.8, 4) is 5.75 Å². The number of aryl methyl sites for hydroxylation is 1. The van der Waals surface area contributed by atoms with E-state index in [0.717, 1.165) is 16.9 Å². The third kappa shape index (κ3) is 5.74. The number of aromatic nitrogens is 4. The maximum atomic E-state index is 13.4. The highest BCUT2D eigenvalue weighted by Crippen LogP contribution is 2.21. The van der Waals surface area contributed by atoms with Crippen LogP contribution in [0.2, 0.25) is 0 Å². The van der Waals surface area contributed by atoms with Crippen molar-refractivity contribution in [2.75, 3.05) is 19.4 Å². The largest absolute Gasteiger partial charge is 0.497 e. The standard InChI is InChI=1S/C26H29N5O3S/c1-4-29(15-19-9-7-6-8-10-19)23(32)18-35-26-27-22-17-30(5-2)28-24(22)25(33)31(26)16-20-11-13-21(34-3)14-12-20/h6-14,17H,4-5,15-16,18H2,1-3H3. The van der Waals surface area contributed by atoms with E-state index in [1.165, 1.54) is 11.8 Å². The van der Waals surface area contributed by atoms with Crippen molar-refractivity contribution in [2.24, 2.45) is 0 Å². The third-order valence-corrected chi connectivity index (χ3v) is 6.70. The lowest BCUT2D eigenvalue weighted by Crippen LogP contribution is -2.32. The fourth-order valence-electron chi connectivity index (χ4n) is 3.75. The molecule has 0 aliphatic heterocycles. The molecule has 9 heteroatoms. The lowest BCUT2D eigenvalue weighted by Gasteiger charge is -2.21. The molecule has 0 saturated heterocycles. The summed E-state index contributed by atoms with van der Waals surface area (Å²) in [5, 5.41) is 4.90. The molecule has 182 valence electrons. The first-order chi connectivity index (χ1) is 17.0. The van der Waals surface area contributed by atoms with E-state index in [9.17, 15) is 9.59 Å². The molecule has 2 aromatic heterocycles. The lowest BCUT2D eigenvalue weighted by molar-refractivity contribution is -0.128. The van der Waals surface area contributed by atoms with Gasteiger partial charge < -0.3 is 9.64 Å². The van der Waals surface area contributed by atoms with E-state index in [1.54, 1.807) is 22.6 Å². The van der Waals surface area contributed by atoms with E-state index in [0.29, 0.717) is 42.4 Å². The van der Waals surface area contributed by atoms with Crippen LogP contribution in [0.1, 0.15) is 25.0 Å². The second-order valence-corrected chi connectivity index (χ2v) is 8.98. The summed E-state index contributed by atoms with van der Waals surface area (Å²) in [6.07, 6.45) is 1.77. The van der Waals surface area contributed by atoms with E-state index >= 15 is 0 Å². The number of hydrogen-bond acceptors (Lipinski definition) is 6. The number of amides is 1. The number of nitrogens with zero attached hydrogens (tertiary/aromatic N) is 5. The van der Waals surface area contributed by atoms with Gasteiger partial charge in [0.25, 0.3) is 5.56 Å². The van der Waals surface area contributed by atoms with E-state index in [2.05, 4.69) is 5.10 Å². The van der Waals surface area contributed by atoms with Gasteiger partial charge in [0.2, 0.25) is 5.91 Å². The van der Waals surface area contributed by atoms with Crippen LogP contribution in [0.5, 0.6) is 5.75 Å². The fraction of sp³-hybridized carbons (Fsp3) is 0.308. The SMILES string of the molecule is CCN(Cc1ccccc1)C(=O)CSc1nc2cn(CC)nc2c(=O)n1Cc1ccc(OC)cc1. The Morgan fingerprint density at radius 2 is 1.80 bits per heavy atom. The van der Waals surface area contributed by atoms with Gasteiger partial charge in [-0.2, -0.15) is 5.10 Å². The molecule has 0 saturated carbocycles. The van der Waals surface area contributed by atoms with Crippen molar-refractivity contribution in [1.82, 2.24) is 24.2 Å². The van der Waals surface area contributed by atoms with E-state index < -0.39 is 0 Å². The minimum absolute atomic E-state index is 0.00375. The topological polar surface area (TPSA) is 82.3 Å². The van der Waals surface area contributed by atoms with Crippen LogP contribution in [0.3, 0.4) is 0 Å². The molecule has 0 aliphatic rings. The summed E-state index contributed by atoms with van der Waals surface area (Å²) in [5.74, 6) is 0.925. The molecule has 0 unspecified atom stereocenters. The molecule has 8 nitrogen and oxygen atoms in total. The smallest absolute Gasteiger partial charge is 0.282 e. The van der Waals surface area contributed by atoms with Crippen molar-refractivity contribution in [1.29, 1.82) is 0 Å². The Bertz CT molecular complexity index is 1350. The van der Waals surface area contributed by atoms with Gasteiger partial charge in [-0.15, -0.1) is 0 Å². The Morgan fingerprint density at radius 1 is 1.06 bits per heavy atom. The summed E-state index contributed by atoms with van der Waals surface area (Å²) in [6, 6.07) is 17.5. The molecule has 0 aliphatic carbocycles. The van der Waals surface area contributed by atoms with Crippen molar-refractivity contribution in [3.05, 3.63) is 82.3 Å². The quantitative estimate of drug-likeness (QED) is 0.248. The molecule has 0 atom stereocenters. The zero-order chi connectivity index (χ0) is 24.8. The number of carbonyl (C=O) groups is 1. The van der Waals surface area contributed by atoms with Crippen LogP contribution >= 0.6 is 11.8 Å². The number of thioether (sulfide) groups is 1. The number of rotatable bonds is 10. The molecule has 0 bridgehead atoms. The van der Waals surface area contributed by atoms with Gasteiger partial charge in [0.1, 0.15) is 11.3 Å². The van der Waals surface area contributed by atoms with Gasteiger partial charge in [-0.1, -0.05) is 54.2 Å². The summed E-state index contributed by atoms with van der Waals surface area (Å²) in [6.45, 7) is 6.04. The van der Waals surface area contributed by atoms with Crippen LogP contribution in [0.4, 0.5) is 0 Å². The van der Waals surface area contributed by atoms with Crippen LogP contribution in [0.25, 0.3) is 11.0 Å². The van der Waals surface area contributed by atoms with Gasteiger partial charge in [0.05, 0.1) is 25.6 Å². The minimum Gasteiger partial charge on any atom is -0.497 e. The number of fused-ring (bicyclic) bond motifs is 1. The minimum atomic E-state index is -0.218. The highest BCUT2D eigenvalue weighted by Gasteiger charge is 2.18. The van der Waals surface area contributed by atoms with Crippen molar-refractivity contribution < 1.29 is 9.53 Å². The maximum Gasteiger partial charge on any atom is 0.282 e. The molecule has 4 rings (SSSR count). The summed E-state index contributed by atoms with van der Waals surface area (Å²) >= 11 is 1.28. The molecular formula is C26H29N5O3S. The highest BCUT2D eigenvalue weighted by atomic mass is 32.2. The molecule has 0 N–H and O–H groups in total. The van der Waals surface area contributed by atoms with E-state index in [4.69, 9.17) is 9.72 Å². The molecule has 0 radical (unpaired) electrons. The van der Waals surface area contributed by atoms with Crippen molar-refractivity contribution in [3.63, 3.8) is 0 Å². The van der Waals surface area contributed by atoms with Gasteiger partial charge in [-0.3, -0.25) is 18.8 Å². The Kier molecular flexibility index (Phi) is 7.87. The molecule has 4 aromatic rings. The van der Waals surface area contributed by atoms with Gasteiger partial charge in [-0.25, -0.2) is 4.98 Å². The predicted molar refractivity (Wildman–Crippen MR) is 138 cm³/mol. The second kappa shape index (κ2) is 11.2.